The van der Waals surface area contributed by atoms with Crippen LogP contribution in [0.15, 0.2) is 16.8 Å². The van der Waals surface area contributed by atoms with Crippen LogP contribution in [-0.2, 0) is 11.2 Å². The fraction of sp³-hybridized carbons (Fsp3) is 0.500. The Morgan fingerprint density at radius 2 is 2.16 bits per heavy atom. The summed E-state index contributed by atoms with van der Waals surface area (Å²) in [5, 5.41) is 11.2. The molecule has 3 heterocycles. The van der Waals surface area contributed by atoms with Crippen LogP contribution >= 0.6 is 0 Å². The first-order chi connectivity index (χ1) is 12.2. The molecule has 1 amide bonds. The summed E-state index contributed by atoms with van der Waals surface area (Å²) in [5.74, 6) is 1.19. The zero-order valence-corrected chi connectivity index (χ0v) is 14.0. The summed E-state index contributed by atoms with van der Waals surface area (Å²) < 4.78 is 6.81. The van der Waals surface area contributed by atoms with Crippen molar-refractivity contribution in [1.29, 1.82) is 0 Å². The van der Waals surface area contributed by atoms with Crippen LogP contribution in [-0.4, -0.2) is 41.7 Å². The maximum Gasteiger partial charge on any atom is 0.297 e. The number of carbonyl (C=O) groups excluding carboxylic acids is 1. The number of nitrogens with zero attached hydrogens (tertiary/aromatic N) is 6. The number of hydrogen-bond donors (Lipinski definition) is 1. The van der Waals surface area contributed by atoms with E-state index in [1.165, 1.54) is 19.3 Å². The van der Waals surface area contributed by atoms with E-state index in [2.05, 4.69) is 30.5 Å². The van der Waals surface area contributed by atoms with Crippen molar-refractivity contribution in [3.8, 4) is 11.7 Å². The molecular weight excluding hydrogens is 322 g/mol. The van der Waals surface area contributed by atoms with Gasteiger partial charge in [0.2, 0.25) is 11.7 Å². The van der Waals surface area contributed by atoms with Gasteiger partial charge in [-0.3, -0.25) is 4.79 Å². The topological polar surface area (TPSA) is 111 Å². The summed E-state index contributed by atoms with van der Waals surface area (Å²) in [6.07, 6.45) is 7.43. The SMILES string of the molecule is Cc1ccnc2nc(-c3nc(CC(=O)NC4CCCCC4)no3)nn12. The van der Waals surface area contributed by atoms with E-state index in [0.29, 0.717) is 17.4 Å². The van der Waals surface area contributed by atoms with E-state index in [0.717, 1.165) is 18.5 Å². The number of aromatic nitrogens is 6. The van der Waals surface area contributed by atoms with Crippen LogP contribution < -0.4 is 5.32 Å². The zero-order valence-electron chi connectivity index (χ0n) is 14.0. The molecule has 0 aliphatic heterocycles. The fourth-order valence-electron chi connectivity index (χ4n) is 3.08. The van der Waals surface area contributed by atoms with Gasteiger partial charge in [-0.15, -0.1) is 5.10 Å². The second-order valence-corrected chi connectivity index (χ2v) is 6.33. The number of fused-ring (bicyclic) bond motifs is 1. The van der Waals surface area contributed by atoms with Crippen molar-refractivity contribution in [3.63, 3.8) is 0 Å². The molecule has 0 saturated heterocycles. The van der Waals surface area contributed by atoms with Crippen LogP contribution in [0, 0.1) is 6.92 Å². The van der Waals surface area contributed by atoms with Crippen molar-refractivity contribution >= 4 is 11.7 Å². The van der Waals surface area contributed by atoms with Gasteiger partial charge in [0.05, 0.1) is 6.42 Å². The Hall–Kier alpha value is -2.84. The van der Waals surface area contributed by atoms with Gasteiger partial charge in [-0.2, -0.15) is 9.97 Å². The normalized spacial score (nSPS) is 15.6. The molecule has 1 aliphatic carbocycles. The minimum atomic E-state index is -0.0836. The highest BCUT2D eigenvalue weighted by Crippen LogP contribution is 2.18. The molecule has 9 heteroatoms. The Bertz CT molecular complexity index is 895. The maximum absolute atomic E-state index is 12.1. The van der Waals surface area contributed by atoms with E-state index in [1.54, 1.807) is 10.7 Å². The number of nitrogens with one attached hydrogen (secondary N) is 1. The Morgan fingerprint density at radius 1 is 1.32 bits per heavy atom. The third kappa shape index (κ3) is 3.35. The molecule has 3 aromatic heterocycles. The maximum atomic E-state index is 12.1. The highest BCUT2D eigenvalue weighted by atomic mass is 16.5. The quantitative estimate of drug-likeness (QED) is 0.765. The minimum Gasteiger partial charge on any atom is -0.353 e. The molecule has 4 rings (SSSR count). The van der Waals surface area contributed by atoms with Crippen LogP contribution in [0.5, 0.6) is 0 Å². The van der Waals surface area contributed by atoms with Crippen molar-refractivity contribution in [2.24, 2.45) is 0 Å². The first-order valence-corrected chi connectivity index (χ1v) is 8.50. The lowest BCUT2D eigenvalue weighted by Crippen LogP contribution is -2.37. The van der Waals surface area contributed by atoms with Crippen molar-refractivity contribution in [2.45, 2.75) is 51.5 Å². The third-order valence-corrected chi connectivity index (χ3v) is 4.38. The predicted octanol–water partition coefficient (Wildman–Crippen LogP) is 1.47. The van der Waals surface area contributed by atoms with Gasteiger partial charge in [-0.25, -0.2) is 9.50 Å². The molecule has 3 aromatic rings. The van der Waals surface area contributed by atoms with Gasteiger partial charge < -0.3 is 9.84 Å². The van der Waals surface area contributed by atoms with E-state index in [9.17, 15) is 4.79 Å². The average molecular weight is 341 g/mol. The lowest BCUT2D eigenvalue weighted by Gasteiger charge is -2.22. The fourth-order valence-corrected chi connectivity index (χ4v) is 3.08. The summed E-state index contributed by atoms with van der Waals surface area (Å²) in [4.78, 5) is 24.8. The van der Waals surface area contributed by atoms with Gasteiger partial charge in [0.15, 0.2) is 5.82 Å². The van der Waals surface area contributed by atoms with Gasteiger partial charge in [0.25, 0.3) is 11.7 Å². The molecule has 1 fully saturated rings. The molecule has 1 saturated carbocycles. The molecule has 0 aromatic carbocycles. The Morgan fingerprint density at radius 3 is 2.96 bits per heavy atom. The summed E-state index contributed by atoms with van der Waals surface area (Å²) in [6, 6.07) is 2.10. The van der Waals surface area contributed by atoms with Gasteiger partial charge >= 0.3 is 0 Å². The average Bonchev–Trinajstić information content (AvgIpc) is 3.23. The molecule has 0 bridgehead atoms. The second kappa shape index (κ2) is 6.58. The van der Waals surface area contributed by atoms with Gasteiger partial charge in [-0.1, -0.05) is 24.4 Å². The van der Waals surface area contributed by atoms with Crippen LogP contribution in [0.2, 0.25) is 0 Å². The molecule has 0 radical (unpaired) electrons. The molecule has 130 valence electrons. The van der Waals surface area contributed by atoms with Crippen molar-refractivity contribution < 1.29 is 9.32 Å². The molecule has 0 spiro atoms. The lowest BCUT2D eigenvalue weighted by atomic mass is 9.95. The highest BCUT2D eigenvalue weighted by molar-refractivity contribution is 5.78. The van der Waals surface area contributed by atoms with E-state index in [1.807, 2.05) is 13.0 Å². The molecule has 1 aliphatic rings. The number of rotatable bonds is 4. The van der Waals surface area contributed by atoms with E-state index >= 15 is 0 Å². The van der Waals surface area contributed by atoms with E-state index < -0.39 is 0 Å². The summed E-state index contributed by atoms with van der Waals surface area (Å²) in [5.41, 5.74) is 0.898. The van der Waals surface area contributed by atoms with Gasteiger partial charge in [-0.05, 0) is 25.8 Å². The second-order valence-electron chi connectivity index (χ2n) is 6.33. The molecule has 1 N–H and O–H groups in total. The minimum absolute atomic E-state index is 0.0836. The summed E-state index contributed by atoms with van der Waals surface area (Å²) in [6.45, 7) is 1.90. The highest BCUT2D eigenvalue weighted by Gasteiger charge is 2.19. The standard InChI is InChI=1S/C16H19N7O2/c1-10-7-8-17-16-20-14(21-23(10)16)15-19-12(22-25-15)9-13(24)18-11-5-3-2-4-6-11/h7-8,11H,2-6,9H2,1H3,(H,18,24). The largest absolute Gasteiger partial charge is 0.353 e. The Kier molecular flexibility index (Phi) is 4.12. The molecule has 9 nitrogen and oxygen atoms in total. The van der Waals surface area contributed by atoms with Crippen molar-refractivity contribution in [2.75, 3.05) is 0 Å². The van der Waals surface area contributed by atoms with E-state index in [4.69, 9.17) is 4.52 Å². The van der Waals surface area contributed by atoms with Crippen molar-refractivity contribution in [3.05, 3.63) is 23.8 Å². The number of amides is 1. The third-order valence-electron chi connectivity index (χ3n) is 4.38. The van der Waals surface area contributed by atoms with E-state index in [-0.39, 0.29) is 24.3 Å². The lowest BCUT2D eigenvalue weighted by molar-refractivity contribution is -0.121. The Labute approximate surface area is 143 Å². The smallest absolute Gasteiger partial charge is 0.297 e. The first-order valence-electron chi connectivity index (χ1n) is 8.50. The van der Waals surface area contributed by atoms with Crippen LogP contribution in [0.25, 0.3) is 17.5 Å². The predicted molar refractivity (Wildman–Crippen MR) is 87.5 cm³/mol. The Balaban J connectivity index is 1.45. The van der Waals surface area contributed by atoms with Gasteiger partial charge in [0.1, 0.15) is 0 Å². The first kappa shape index (κ1) is 15.7. The monoisotopic (exact) mass is 341 g/mol. The van der Waals surface area contributed by atoms with Crippen LogP contribution in [0.4, 0.5) is 0 Å². The van der Waals surface area contributed by atoms with Crippen LogP contribution in [0.3, 0.4) is 0 Å². The number of hydrogen-bond acceptors (Lipinski definition) is 7. The zero-order chi connectivity index (χ0) is 17.2. The molecular formula is C16H19N7O2. The van der Waals surface area contributed by atoms with Crippen molar-refractivity contribution in [1.82, 2.24) is 35.0 Å². The summed E-state index contributed by atoms with van der Waals surface area (Å²) >= 11 is 0. The molecule has 25 heavy (non-hydrogen) atoms. The summed E-state index contributed by atoms with van der Waals surface area (Å²) in [7, 11) is 0. The number of carbonyl (C=O) groups is 1. The van der Waals surface area contributed by atoms with Crippen LogP contribution in [0.1, 0.15) is 43.6 Å². The van der Waals surface area contributed by atoms with Gasteiger partial charge in [0, 0.05) is 17.9 Å². The number of aryl methyl sites for hydroxylation is 1. The molecule has 0 unspecified atom stereocenters. The molecule has 0 atom stereocenters.